The lowest BCUT2D eigenvalue weighted by molar-refractivity contribution is 0.0319. The molecule has 0 fully saturated rings. The van der Waals surface area contributed by atoms with Crippen molar-refractivity contribution in [1.29, 1.82) is 0 Å². The molecule has 0 aliphatic carbocycles. The molecule has 0 saturated carbocycles. The Bertz CT molecular complexity index is 1620. The maximum atomic E-state index is 12.4. The first-order valence-corrected chi connectivity index (χ1v) is 14.7. The highest BCUT2D eigenvalue weighted by atomic mass is 16.5. The molecule has 1 atom stereocenters. The van der Waals surface area contributed by atoms with E-state index in [4.69, 9.17) is 9.47 Å². The SMILES string of the molecule is CCCCCC(C)OC(=O)c1ccc(C#Cc2ccc(C#Cc3ccc(C(=O)OCc4ccc(C)cc4)cc3)cc2)cc1. The summed E-state index contributed by atoms with van der Waals surface area (Å²) in [5.74, 6) is 11.9. The van der Waals surface area contributed by atoms with Gasteiger partial charge >= 0.3 is 11.9 Å². The van der Waals surface area contributed by atoms with Gasteiger partial charge in [0.15, 0.2) is 0 Å². The van der Waals surface area contributed by atoms with E-state index in [0.29, 0.717) is 11.1 Å². The van der Waals surface area contributed by atoms with E-state index in [1.165, 1.54) is 5.56 Å². The molecule has 4 rings (SSSR count). The largest absolute Gasteiger partial charge is 0.459 e. The third kappa shape index (κ3) is 10.1. The number of esters is 2. The first-order chi connectivity index (χ1) is 20.9. The average molecular weight is 569 g/mol. The lowest BCUT2D eigenvalue weighted by atomic mass is 10.1. The van der Waals surface area contributed by atoms with E-state index in [-0.39, 0.29) is 24.6 Å². The Kier molecular flexibility index (Phi) is 11.4. The van der Waals surface area contributed by atoms with Crippen LogP contribution in [0.4, 0.5) is 0 Å². The Hall–Kier alpha value is -5.06. The molecule has 0 saturated heterocycles. The molecular formula is C39H36O4. The molecule has 0 aliphatic rings. The molecule has 0 bridgehead atoms. The first kappa shape index (κ1) is 30.9. The lowest BCUT2D eigenvalue weighted by Crippen LogP contribution is -2.15. The van der Waals surface area contributed by atoms with Gasteiger partial charge in [-0.25, -0.2) is 9.59 Å². The van der Waals surface area contributed by atoms with Gasteiger partial charge in [0, 0.05) is 22.3 Å². The Labute approximate surface area is 255 Å². The first-order valence-electron chi connectivity index (χ1n) is 14.7. The third-order valence-electron chi connectivity index (χ3n) is 6.84. The van der Waals surface area contributed by atoms with Crippen LogP contribution in [0.5, 0.6) is 0 Å². The molecule has 0 aliphatic heterocycles. The molecule has 0 amide bonds. The van der Waals surface area contributed by atoms with Gasteiger partial charge in [-0.2, -0.15) is 0 Å². The van der Waals surface area contributed by atoms with Crippen LogP contribution in [-0.4, -0.2) is 18.0 Å². The van der Waals surface area contributed by atoms with Crippen molar-refractivity contribution in [3.05, 3.63) is 142 Å². The van der Waals surface area contributed by atoms with Gasteiger partial charge in [-0.05, 0) is 105 Å². The molecule has 4 aromatic carbocycles. The summed E-state index contributed by atoms with van der Waals surface area (Å²) in [6.45, 7) is 6.36. The van der Waals surface area contributed by atoms with Gasteiger partial charge < -0.3 is 9.47 Å². The van der Waals surface area contributed by atoms with E-state index in [2.05, 4.69) is 30.6 Å². The van der Waals surface area contributed by atoms with Crippen LogP contribution >= 0.6 is 0 Å². The molecule has 0 N–H and O–H groups in total. The highest BCUT2D eigenvalue weighted by molar-refractivity contribution is 5.90. The summed E-state index contributed by atoms with van der Waals surface area (Å²) < 4.78 is 11.0. The average Bonchev–Trinajstić information content (AvgIpc) is 3.03. The molecule has 216 valence electrons. The Balaban J connectivity index is 1.27. The Morgan fingerprint density at radius 3 is 1.53 bits per heavy atom. The van der Waals surface area contributed by atoms with E-state index in [1.807, 2.05) is 86.6 Å². The topological polar surface area (TPSA) is 52.6 Å². The van der Waals surface area contributed by atoms with Crippen molar-refractivity contribution in [3.63, 3.8) is 0 Å². The van der Waals surface area contributed by atoms with Crippen LogP contribution in [-0.2, 0) is 16.1 Å². The molecular weight excluding hydrogens is 532 g/mol. The van der Waals surface area contributed by atoms with Crippen molar-refractivity contribution < 1.29 is 19.1 Å². The number of hydrogen-bond acceptors (Lipinski definition) is 4. The lowest BCUT2D eigenvalue weighted by Gasteiger charge is -2.12. The smallest absolute Gasteiger partial charge is 0.338 e. The summed E-state index contributed by atoms with van der Waals surface area (Å²) in [5.41, 5.74) is 6.48. The van der Waals surface area contributed by atoms with Crippen molar-refractivity contribution in [1.82, 2.24) is 0 Å². The fourth-order valence-corrected chi connectivity index (χ4v) is 4.21. The standard InChI is InChI=1S/C39H36O4/c1-4-5-6-7-30(3)43-39(41)37-26-22-34(23-27-37)19-17-32-14-12-31(13-15-32)16-18-33-20-24-36(25-21-33)38(40)42-28-35-10-8-29(2)9-11-35/h8-15,20-27,30H,4-7,28H2,1-3H3. The number of unbranched alkanes of at least 4 members (excludes halogenated alkanes) is 2. The van der Waals surface area contributed by atoms with E-state index in [0.717, 1.165) is 53.5 Å². The molecule has 4 aromatic rings. The number of aryl methyl sites for hydroxylation is 1. The zero-order valence-corrected chi connectivity index (χ0v) is 25.0. The molecule has 0 radical (unpaired) electrons. The summed E-state index contributed by atoms with van der Waals surface area (Å²) in [4.78, 5) is 24.8. The predicted octanol–water partition coefficient (Wildman–Crippen LogP) is 8.28. The minimum atomic E-state index is -0.363. The van der Waals surface area contributed by atoms with Gasteiger partial charge in [0.1, 0.15) is 6.61 Å². The number of rotatable bonds is 9. The monoisotopic (exact) mass is 568 g/mol. The van der Waals surface area contributed by atoms with Crippen molar-refractivity contribution in [2.24, 2.45) is 0 Å². The van der Waals surface area contributed by atoms with Crippen molar-refractivity contribution in [3.8, 4) is 23.7 Å². The van der Waals surface area contributed by atoms with E-state index < -0.39 is 0 Å². The van der Waals surface area contributed by atoms with Crippen molar-refractivity contribution >= 4 is 11.9 Å². The maximum absolute atomic E-state index is 12.4. The number of benzene rings is 4. The van der Waals surface area contributed by atoms with Crippen LogP contribution in [0, 0.1) is 30.6 Å². The molecule has 4 nitrogen and oxygen atoms in total. The van der Waals surface area contributed by atoms with Crippen molar-refractivity contribution in [2.75, 3.05) is 0 Å². The van der Waals surface area contributed by atoms with Crippen molar-refractivity contribution in [2.45, 2.75) is 59.2 Å². The van der Waals surface area contributed by atoms with E-state index in [1.54, 1.807) is 24.3 Å². The maximum Gasteiger partial charge on any atom is 0.338 e. The van der Waals surface area contributed by atoms with Crippen LogP contribution in [0.25, 0.3) is 0 Å². The van der Waals surface area contributed by atoms with Crippen LogP contribution < -0.4 is 0 Å². The number of carbonyl (C=O) groups excluding carboxylic acids is 2. The quantitative estimate of drug-likeness (QED) is 0.116. The van der Waals surface area contributed by atoms with Crippen LogP contribution in [0.2, 0.25) is 0 Å². The van der Waals surface area contributed by atoms with Gasteiger partial charge in [-0.15, -0.1) is 0 Å². The molecule has 4 heteroatoms. The minimum absolute atomic E-state index is 0.0857. The molecule has 1 unspecified atom stereocenters. The molecule has 43 heavy (non-hydrogen) atoms. The van der Waals surface area contributed by atoms with Gasteiger partial charge in [-0.1, -0.05) is 73.3 Å². The van der Waals surface area contributed by atoms with Crippen LogP contribution in [0.3, 0.4) is 0 Å². The molecule has 0 heterocycles. The van der Waals surface area contributed by atoms with E-state index >= 15 is 0 Å². The van der Waals surface area contributed by atoms with Gasteiger partial charge in [-0.3, -0.25) is 0 Å². The highest BCUT2D eigenvalue weighted by Crippen LogP contribution is 2.12. The summed E-state index contributed by atoms with van der Waals surface area (Å²) in [5, 5.41) is 0. The normalized spacial score (nSPS) is 10.9. The van der Waals surface area contributed by atoms with Gasteiger partial charge in [0.2, 0.25) is 0 Å². The highest BCUT2D eigenvalue weighted by Gasteiger charge is 2.11. The minimum Gasteiger partial charge on any atom is -0.459 e. The summed E-state index contributed by atoms with van der Waals surface area (Å²) >= 11 is 0. The Morgan fingerprint density at radius 1 is 0.628 bits per heavy atom. The second-order valence-corrected chi connectivity index (χ2v) is 10.5. The number of hydrogen-bond donors (Lipinski definition) is 0. The molecule has 0 aromatic heterocycles. The zero-order valence-electron chi connectivity index (χ0n) is 25.0. The second kappa shape index (κ2) is 15.8. The summed E-state index contributed by atoms with van der Waals surface area (Å²) in [6, 6.07) is 29.9. The van der Waals surface area contributed by atoms with Gasteiger partial charge in [0.05, 0.1) is 17.2 Å². The summed E-state index contributed by atoms with van der Waals surface area (Å²) in [7, 11) is 0. The third-order valence-corrected chi connectivity index (χ3v) is 6.84. The molecule has 0 spiro atoms. The predicted molar refractivity (Wildman–Crippen MR) is 171 cm³/mol. The zero-order chi connectivity index (χ0) is 30.4. The van der Waals surface area contributed by atoms with Gasteiger partial charge in [0.25, 0.3) is 0 Å². The number of ether oxygens (including phenoxy) is 2. The van der Waals surface area contributed by atoms with E-state index in [9.17, 15) is 9.59 Å². The van der Waals surface area contributed by atoms with Crippen LogP contribution in [0.15, 0.2) is 97.1 Å². The fraction of sp³-hybridized carbons (Fsp3) is 0.231. The van der Waals surface area contributed by atoms with Crippen LogP contribution in [0.1, 0.15) is 93.6 Å². The second-order valence-electron chi connectivity index (χ2n) is 10.5. The summed E-state index contributed by atoms with van der Waals surface area (Å²) in [6.07, 6.45) is 4.16. The Morgan fingerprint density at radius 2 is 1.07 bits per heavy atom. The fourth-order valence-electron chi connectivity index (χ4n) is 4.21. The number of carbonyl (C=O) groups is 2.